The van der Waals surface area contributed by atoms with Crippen LogP contribution in [0, 0.1) is 27.4 Å². The smallest absolute Gasteiger partial charge is 0.270 e. The van der Waals surface area contributed by atoms with Gasteiger partial charge >= 0.3 is 0 Å². The van der Waals surface area contributed by atoms with E-state index in [2.05, 4.69) is 12.2 Å². The SMILES string of the molecule is CC(CC1CCC1)Nc1ccc([N+](=O)[O-])cc1C#N. The lowest BCUT2D eigenvalue weighted by atomic mass is 9.81. The maximum absolute atomic E-state index is 10.7. The zero-order valence-corrected chi connectivity index (χ0v) is 10.9. The molecule has 0 bridgehead atoms. The van der Waals surface area contributed by atoms with Gasteiger partial charge in [-0.3, -0.25) is 10.1 Å². The molecule has 0 saturated heterocycles. The first kappa shape index (κ1) is 13.3. The molecule has 5 nitrogen and oxygen atoms in total. The number of nitriles is 1. The highest BCUT2D eigenvalue weighted by Gasteiger charge is 2.20. The van der Waals surface area contributed by atoms with Gasteiger partial charge in [-0.1, -0.05) is 19.3 Å². The van der Waals surface area contributed by atoms with Crippen LogP contribution in [0.3, 0.4) is 0 Å². The maximum atomic E-state index is 10.7. The average molecular weight is 259 g/mol. The lowest BCUT2D eigenvalue weighted by molar-refractivity contribution is -0.384. The van der Waals surface area contributed by atoms with Crippen molar-refractivity contribution in [3.63, 3.8) is 0 Å². The Morgan fingerprint density at radius 3 is 2.84 bits per heavy atom. The molecule has 0 spiro atoms. The van der Waals surface area contributed by atoms with Crippen molar-refractivity contribution in [3.8, 4) is 6.07 Å². The Kier molecular flexibility index (Phi) is 4.00. The van der Waals surface area contributed by atoms with Gasteiger partial charge in [0.2, 0.25) is 0 Å². The molecule has 19 heavy (non-hydrogen) atoms. The van der Waals surface area contributed by atoms with Gasteiger partial charge < -0.3 is 5.32 Å². The number of benzene rings is 1. The topological polar surface area (TPSA) is 79.0 Å². The normalized spacial score (nSPS) is 16.2. The highest BCUT2D eigenvalue weighted by molar-refractivity contribution is 5.61. The van der Waals surface area contributed by atoms with E-state index in [1.54, 1.807) is 6.07 Å². The zero-order chi connectivity index (χ0) is 13.8. The van der Waals surface area contributed by atoms with Crippen LogP contribution >= 0.6 is 0 Å². The van der Waals surface area contributed by atoms with Gasteiger partial charge in [-0.25, -0.2) is 0 Å². The van der Waals surface area contributed by atoms with Crippen LogP contribution in [0.4, 0.5) is 11.4 Å². The summed E-state index contributed by atoms with van der Waals surface area (Å²) in [5.74, 6) is 0.783. The van der Waals surface area contributed by atoms with Crippen molar-refractivity contribution < 1.29 is 4.92 Å². The van der Waals surface area contributed by atoms with Crippen molar-refractivity contribution in [2.75, 3.05) is 5.32 Å². The van der Waals surface area contributed by atoms with E-state index in [1.165, 1.54) is 31.4 Å². The molecule has 1 aromatic carbocycles. The Labute approximate surface area is 112 Å². The van der Waals surface area contributed by atoms with Crippen LogP contribution < -0.4 is 5.32 Å². The fourth-order valence-corrected chi connectivity index (χ4v) is 2.42. The molecule has 0 aliphatic heterocycles. The van der Waals surface area contributed by atoms with Gasteiger partial charge in [0.25, 0.3) is 5.69 Å². The van der Waals surface area contributed by atoms with Crippen molar-refractivity contribution in [1.82, 2.24) is 0 Å². The molecule has 1 saturated carbocycles. The van der Waals surface area contributed by atoms with Crippen molar-refractivity contribution in [1.29, 1.82) is 5.26 Å². The minimum absolute atomic E-state index is 0.0475. The first-order valence-corrected chi connectivity index (χ1v) is 6.55. The summed E-state index contributed by atoms with van der Waals surface area (Å²) in [5.41, 5.74) is 0.961. The van der Waals surface area contributed by atoms with Crippen LogP contribution in [0.2, 0.25) is 0 Å². The standard InChI is InChI=1S/C14H17N3O2/c1-10(7-11-3-2-4-11)16-14-6-5-13(17(18)19)8-12(14)9-15/h5-6,8,10-11,16H,2-4,7H2,1H3. The van der Waals surface area contributed by atoms with Gasteiger partial charge in [0, 0.05) is 18.2 Å². The summed E-state index contributed by atoms with van der Waals surface area (Å²) >= 11 is 0. The number of nitro groups is 1. The zero-order valence-electron chi connectivity index (χ0n) is 10.9. The molecular weight excluding hydrogens is 242 g/mol. The predicted octanol–water partition coefficient (Wildman–Crippen LogP) is 3.46. The first-order valence-electron chi connectivity index (χ1n) is 6.55. The van der Waals surface area contributed by atoms with E-state index in [9.17, 15) is 10.1 Å². The Morgan fingerprint density at radius 2 is 2.32 bits per heavy atom. The van der Waals surface area contributed by atoms with Crippen molar-refractivity contribution in [2.24, 2.45) is 5.92 Å². The average Bonchev–Trinajstić information content (AvgIpc) is 2.34. The van der Waals surface area contributed by atoms with E-state index >= 15 is 0 Å². The third-order valence-corrected chi connectivity index (χ3v) is 3.65. The van der Waals surface area contributed by atoms with E-state index < -0.39 is 4.92 Å². The summed E-state index contributed by atoms with van der Waals surface area (Å²) in [7, 11) is 0. The predicted molar refractivity (Wildman–Crippen MR) is 72.9 cm³/mol. The number of non-ortho nitro benzene ring substituents is 1. The number of nitrogens with zero attached hydrogens (tertiary/aromatic N) is 2. The molecule has 5 heteroatoms. The first-order chi connectivity index (χ1) is 9.10. The molecule has 2 rings (SSSR count). The second-order valence-corrected chi connectivity index (χ2v) is 5.18. The van der Waals surface area contributed by atoms with Gasteiger partial charge in [-0.2, -0.15) is 5.26 Å². The van der Waals surface area contributed by atoms with Crippen LogP contribution in [-0.2, 0) is 0 Å². The van der Waals surface area contributed by atoms with Crippen LogP contribution in [0.25, 0.3) is 0 Å². The molecule has 1 fully saturated rings. The molecule has 1 N–H and O–H groups in total. The monoisotopic (exact) mass is 259 g/mol. The largest absolute Gasteiger partial charge is 0.382 e. The van der Waals surface area contributed by atoms with Gasteiger partial charge in [-0.15, -0.1) is 0 Å². The molecule has 100 valence electrons. The number of nitro benzene ring substituents is 1. The van der Waals surface area contributed by atoms with Crippen LogP contribution in [0.15, 0.2) is 18.2 Å². The van der Waals surface area contributed by atoms with Crippen LogP contribution in [-0.4, -0.2) is 11.0 Å². The lowest BCUT2D eigenvalue weighted by Crippen LogP contribution is -2.23. The molecule has 1 aliphatic rings. The molecule has 1 aromatic rings. The Morgan fingerprint density at radius 1 is 1.58 bits per heavy atom. The highest BCUT2D eigenvalue weighted by Crippen LogP contribution is 2.31. The number of anilines is 1. The van der Waals surface area contributed by atoms with Gasteiger partial charge in [0.1, 0.15) is 6.07 Å². The molecule has 0 radical (unpaired) electrons. The molecule has 0 heterocycles. The second kappa shape index (κ2) is 5.70. The summed E-state index contributed by atoms with van der Waals surface area (Å²) in [6.45, 7) is 2.08. The summed E-state index contributed by atoms with van der Waals surface area (Å²) in [5, 5.41) is 23.0. The molecule has 1 aliphatic carbocycles. The van der Waals surface area contributed by atoms with E-state index in [-0.39, 0.29) is 11.7 Å². The minimum atomic E-state index is -0.484. The van der Waals surface area contributed by atoms with Crippen molar-refractivity contribution in [3.05, 3.63) is 33.9 Å². The van der Waals surface area contributed by atoms with E-state index in [4.69, 9.17) is 5.26 Å². The van der Waals surface area contributed by atoms with E-state index in [1.807, 2.05) is 6.07 Å². The number of rotatable bonds is 5. The maximum Gasteiger partial charge on any atom is 0.270 e. The van der Waals surface area contributed by atoms with Crippen LogP contribution in [0.1, 0.15) is 38.2 Å². The summed E-state index contributed by atoms with van der Waals surface area (Å²) in [6, 6.07) is 6.65. The number of hydrogen-bond donors (Lipinski definition) is 1. The lowest BCUT2D eigenvalue weighted by Gasteiger charge is -2.29. The van der Waals surface area contributed by atoms with Gasteiger partial charge in [0.05, 0.1) is 16.2 Å². The van der Waals surface area contributed by atoms with Crippen molar-refractivity contribution >= 4 is 11.4 Å². The number of nitrogens with one attached hydrogen (secondary N) is 1. The molecule has 0 aromatic heterocycles. The summed E-state index contributed by atoms with van der Waals surface area (Å²) in [4.78, 5) is 10.2. The summed E-state index contributed by atoms with van der Waals surface area (Å²) < 4.78 is 0. The fourth-order valence-electron chi connectivity index (χ4n) is 2.42. The Hall–Kier alpha value is -2.09. The second-order valence-electron chi connectivity index (χ2n) is 5.18. The third-order valence-electron chi connectivity index (χ3n) is 3.65. The van der Waals surface area contributed by atoms with E-state index in [0.29, 0.717) is 11.3 Å². The third kappa shape index (κ3) is 3.22. The van der Waals surface area contributed by atoms with Crippen molar-refractivity contribution in [2.45, 2.75) is 38.6 Å². The van der Waals surface area contributed by atoms with Gasteiger partial charge in [0.15, 0.2) is 0 Å². The molecule has 0 amide bonds. The van der Waals surface area contributed by atoms with E-state index in [0.717, 1.165) is 12.3 Å². The van der Waals surface area contributed by atoms with Gasteiger partial charge in [-0.05, 0) is 25.3 Å². The summed E-state index contributed by atoms with van der Waals surface area (Å²) in [6.07, 6.45) is 4.98. The molecule has 1 unspecified atom stereocenters. The fraction of sp³-hybridized carbons (Fsp3) is 0.500. The Bertz CT molecular complexity index is 518. The Balaban J connectivity index is 2.06. The quantitative estimate of drug-likeness (QED) is 0.648. The molecule has 1 atom stereocenters. The molecular formula is C14H17N3O2. The minimum Gasteiger partial charge on any atom is -0.382 e. The number of hydrogen-bond acceptors (Lipinski definition) is 4. The highest BCUT2D eigenvalue weighted by atomic mass is 16.6. The van der Waals surface area contributed by atoms with Crippen LogP contribution in [0.5, 0.6) is 0 Å².